The standard InChI is InChI=1S/C21H28N4O2/c1-2-25-14-18(13-23-25)24-21(26)17-5-3-4-16(10-17)19-11-20(19)22-12-15-6-8-27-9-7-15/h3-5,10,13-15,19-20,22H,2,6-9,11-12H2,1H3,(H,24,26)/t19-,20+/m0/s1. The van der Waals surface area contributed by atoms with Crippen molar-refractivity contribution in [1.82, 2.24) is 15.1 Å². The van der Waals surface area contributed by atoms with Gasteiger partial charge in [0.05, 0.1) is 11.9 Å². The third kappa shape index (κ3) is 4.57. The first-order valence-electron chi connectivity index (χ1n) is 9.98. The summed E-state index contributed by atoms with van der Waals surface area (Å²) in [6.45, 7) is 5.68. The number of rotatable bonds is 7. The van der Waals surface area contributed by atoms with Crippen LogP contribution in [-0.4, -0.2) is 41.5 Å². The molecule has 1 aliphatic heterocycles. The maximum atomic E-state index is 12.5. The summed E-state index contributed by atoms with van der Waals surface area (Å²) in [4.78, 5) is 12.5. The van der Waals surface area contributed by atoms with Gasteiger partial charge in [-0.1, -0.05) is 12.1 Å². The van der Waals surface area contributed by atoms with Crippen molar-refractivity contribution >= 4 is 11.6 Å². The fraction of sp³-hybridized carbons (Fsp3) is 0.524. The van der Waals surface area contributed by atoms with Gasteiger partial charge in [-0.15, -0.1) is 0 Å². The van der Waals surface area contributed by atoms with Gasteiger partial charge in [-0.25, -0.2) is 0 Å². The topological polar surface area (TPSA) is 68.2 Å². The van der Waals surface area contributed by atoms with E-state index >= 15 is 0 Å². The molecule has 2 aliphatic rings. The van der Waals surface area contributed by atoms with Crippen molar-refractivity contribution in [3.63, 3.8) is 0 Å². The Morgan fingerprint density at radius 3 is 2.96 bits per heavy atom. The normalized spacial score (nSPS) is 22.6. The molecule has 0 unspecified atom stereocenters. The molecule has 2 atom stereocenters. The summed E-state index contributed by atoms with van der Waals surface area (Å²) in [5.74, 6) is 1.17. The molecule has 0 bridgehead atoms. The van der Waals surface area contributed by atoms with Crippen molar-refractivity contribution in [2.75, 3.05) is 25.1 Å². The molecular weight excluding hydrogens is 340 g/mol. The van der Waals surface area contributed by atoms with Crippen LogP contribution in [0.1, 0.15) is 48.0 Å². The summed E-state index contributed by atoms with van der Waals surface area (Å²) in [6, 6.07) is 8.55. The average molecular weight is 368 g/mol. The van der Waals surface area contributed by atoms with Crippen LogP contribution in [0.15, 0.2) is 36.7 Å². The summed E-state index contributed by atoms with van der Waals surface area (Å²) in [5.41, 5.74) is 2.68. The molecule has 27 heavy (non-hydrogen) atoms. The first-order chi connectivity index (χ1) is 13.2. The molecule has 1 saturated carbocycles. The molecule has 1 saturated heterocycles. The highest BCUT2D eigenvalue weighted by atomic mass is 16.5. The van der Waals surface area contributed by atoms with Crippen LogP contribution < -0.4 is 10.6 Å². The number of aromatic nitrogens is 2. The highest BCUT2D eigenvalue weighted by Gasteiger charge is 2.38. The van der Waals surface area contributed by atoms with Crippen molar-refractivity contribution in [3.8, 4) is 0 Å². The molecule has 1 amide bonds. The lowest BCUT2D eigenvalue weighted by atomic mass is 10.0. The molecule has 6 heteroatoms. The number of amides is 1. The lowest BCUT2D eigenvalue weighted by Crippen LogP contribution is -2.29. The number of benzene rings is 1. The fourth-order valence-corrected chi connectivity index (χ4v) is 3.77. The number of ether oxygens (including phenoxy) is 1. The highest BCUT2D eigenvalue weighted by molar-refractivity contribution is 6.04. The predicted octanol–water partition coefficient (Wildman–Crippen LogP) is 3.03. The molecule has 2 fully saturated rings. The second-order valence-corrected chi connectivity index (χ2v) is 7.58. The Bertz CT molecular complexity index is 782. The van der Waals surface area contributed by atoms with E-state index in [-0.39, 0.29) is 5.91 Å². The van der Waals surface area contributed by atoms with Crippen molar-refractivity contribution in [2.45, 2.75) is 44.7 Å². The second kappa shape index (κ2) is 8.23. The van der Waals surface area contributed by atoms with E-state index in [1.165, 1.54) is 5.56 Å². The summed E-state index contributed by atoms with van der Waals surface area (Å²) < 4.78 is 7.22. The molecule has 0 spiro atoms. The smallest absolute Gasteiger partial charge is 0.255 e. The average Bonchev–Trinajstić information content (AvgIpc) is 3.36. The minimum absolute atomic E-state index is 0.0835. The van der Waals surface area contributed by atoms with Crippen molar-refractivity contribution in [2.24, 2.45) is 5.92 Å². The van der Waals surface area contributed by atoms with Gasteiger partial charge in [-0.2, -0.15) is 5.10 Å². The zero-order valence-electron chi connectivity index (χ0n) is 15.9. The van der Waals surface area contributed by atoms with Gasteiger partial charge >= 0.3 is 0 Å². The van der Waals surface area contributed by atoms with Gasteiger partial charge in [0.1, 0.15) is 0 Å². The number of nitrogens with zero attached hydrogens (tertiary/aromatic N) is 2. The lowest BCUT2D eigenvalue weighted by Gasteiger charge is -2.22. The maximum absolute atomic E-state index is 12.5. The molecule has 1 aromatic carbocycles. The third-order valence-electron chi connectivity index (χ3n) is 5.59. The molecule has 2 heterocycles. The fourth-order valence-electron chi connectivity index (χ4n) is 3.77. The molecule has 4 rings (SSSR count). The lowest BCUT2D eigenvalue weighted by molar-refractivity contribution is 0.0662. The van der Waals surface area contributed by atoms with E-state index < -0.39 is 0 Å². The minimum atomic E-state index is -0.0835. The van der Waals surface area contributed by atoms with Crippen molar-refractivity contribution in [1.29, 1.82) is 0 Å². The van der Waals surface area contributed by atoms with Crippen LogP contribution in [-0.2, 0) is 11.3 Å². The maximum Gasteiger partial charge on any atom is 0.255 e. The third-order valence-corrected chi connectivity index (χ3v) is 5.59. The monoisotopic (exact) mass is 368 g/mol. The molecule has 2 aromatic rings. The van der Waals surface area contributed by atoms with Crippen LogP contribution in [0.25, 0.3) is 0 Å². The zero-order valence-corrected chi connectivity index (χ0v) is 15.9. The van der Waals surface area contributed by atoms with E-state index in [1.807, 2.05) is 31.3 Å². The first-order valence-corrected chi connectivity index (χ1v) is 9.98. The summed E-state index contributed by atoms with van der Waals surface area (Å²) in [6.07, 6.45) is 7.00. The molecule has 6 nitrogen and oxygen atoms in total. The number of carbonyl (C=O) groups excluding carboxylic acids is 1. The Balaban J connectivity index is 1.31. The minimum Gasteiger partial charge on any atom is -0.381 e. The number of hydrogen-bond acceptors (Lipinski definition) is 4. The Labute approximate surface area is 160 Å². The highest BCUT2D eigenvalue weighted by Crippen LogP contribution is 2.41. The predicted molar refractivity (Wildman–Crippen MR) is 105 cm³/mol. The van der Waals surface area contributed by atoms with E-state index in [2.05, 4.69) is 21.8 Å². The first kappa shape index (κ1) is 18.2. The molecule has 1 aromatic heterocycles. The Kier molecular flexibility index (Phi) is 5.55. The largest absolute Gasteiger partial charge is 0.381 e. The number of nitrogens with one attached hydrogen (secondary N) is 2. The number of aryl methyl sites for hydroxylation is 1. The quantitative estimate of drug-likeness (QED) is 0.788. The summed E-state index contributed by atoms with van der Waals surface area (Å²) in [5, 5.41) is 10.8. The van der Waals surface area contributed by atoms with Crippen LogP contribution in [0.5, 0.6) is 0 Å². The van der Waals surface area contributed by atoms with Crippen LogP contribution in [0, 0.1) is 5.92 Å². The van der Waals surface area contributed by atoms with E-state index in [9.17, 15) is 4.79 Å². The van der Waals surface area contributed by atoms with E-state index in [0.29, 0.717) is 17.5 Å². The molecule has 0 radical (unpaired) electrons. The van der Waals surface area contributed by atoms with Crippen LogP contribution in [0.3, 0.4) is 0 Å². The van der Waals surface area contributed by atoms with Gasteiger partial charge in [0, 0.05) is 43.5 Å². The second-order valence-electron chi connectivity index (χ2n) is 7.58. The Morgan fingerprint density at radius 1 is 1.33 bits per heavy atom. The van der Waals surface area contributed by atoms with Crippen molar-refractivity contribution in [3.05, 3.63) is 47.8 Å². The summed E-state index contributed by atoms with van der Waals surface area (Å²) >= 11 is 0. The van der Waals surface area contributed by atoms with Gasteiger partial charge in [-0.3, -0.25) is 9.48 Å². The van der Waals surface area contributed by atoms with Gasteiger partial charge in [0.2, 0.25) is 0 Å². The van der Waals surface area contributed by atoms with Crippen LogP contribution in [0.4, 0.5) is 5.69 Å². The van der Waals surface area contributed by atoms with Crippen LogP contribution in [0.2, 0.25) is 0 Å². The number of hydrogen-bond donors (Lipinski definition) is 2. The molecule has 144 valence electrons. The Morgan fingerprint density at radius 2 is 2.19 bits per heavy atom. The molecule has 2 N–H and O–H groups in total. The molecular formula is C21H28N4O2. The number of anilines is 1. The van der Waals surface area contributed by atoms with Gasteiger partial charge in [0.25, 0.3) is 5.91 Å². The van der Waals surface area contributed by atoms with Crippen molar-refractivity contribution < 1.29 is 9.53 Å². The van der Waals surface area contributed by atoms with Gasteiger partial charge < -0.3 is 15.4 Å². The Hall–Kier alpha value is -2.18. The zero-order chi connectivity index (χ0) is 18.6. The van der Waals surface area contributed by atoms with E-state index in [4.69, 9.17) is 4.74 Å². The van der Waals surface area contributed by atoms with E-state index in [1.54, 1.807) is 10.9 Å². The summed E-state index contributed by atoms with van der Waals surface area (Å²) in [7, 11) is 0. The number of carbonyl (C=O) groups is 1. The van der Waals surface area contributed by atoms with E-state index in [0.717, 1.165) is 57.2 Å². The SMILES string of the molecule is CCn1cc(NC(=O)c2cccc([C@@H]3C[C@H]3NCC3CCOCC3)c2)cn1. The van der Waals surface area contributed by atoms with Gasteiger partial charge in [0.15, 0.2) is 0 Å². The molecule has 1 aliphatic carbocycles. The van der Waals surface area contributed by atoms with Crippen LogP contribution >= 0.6 is 0 Å². The van der Waals surface area contributed by atoms with Gasteiger partial charge in [-0.05, 0) is 56.3 Å².